The fraction of sp³-hybridized carbons (Fsp3) is 0.333. The van der Waals surface area contributed by atoms with Crippen molar-refractivity contribution in [1.82, 2.24) is 25.3 Å². The molecule has 2 unspecified atom stereocenters. The number of amides is 2. The van der Waals surface area contributed by atoms with E-state index < -0.39 is 6.04 Å². The lowest BCUT2D eigenvalue weighted by Gasteiger charge is -2.37. The number of rotatable bonds is 6. The third kappa shape index (κ3) is 4.86. The van der Waals surface area contributed by atoms with Crippen LogP contribution in [0, 0.1) is 0 Å². The van der Waals surface area contributed by atoms with Crippen LogP contribution in [0.2, 0.25) is 0 Å². The first kappa shape index (κ1) is 21.7. The fourth-order valence-corrected chi connectivity index (χ4v) is 3.80. The largest absolute Gasteiger partial charge is 0.341 e. The smallest absolute Gasteiger partial charge is 0.251 e. The zero-order valence-corrected chi connectivity index (χ0v) is 18.3. The van der Waals surface area contributed by atoms with Gasteiger partial charge in [0.15, 0.2) is 0 Å². The molecule has 2 amide bonds. The molecular formula is C24H27N5O3. The normalized spacial score (nSPS) is 16.4. The lowest BCUT2D eigenvalue weighted by Crippen LogP contribution is -2.54. The Hall–Kier alpha value is -3.52. The van der Waals surface area contributed by atoms with E-state index >= 15 is 0 Å². The van der Waals surface area contributed by atoms with Crippen molar-refractivity contribution in [3.05, 3.63) is 72.1 Å². The summed E-state index contributed by atoms with van der Waals surface area (Å²) in [5, 5.41) is 6.90. The van der Waals surface area contributed by atoms with Crippen molar-refractivity contribution in [2.75, 3.05) is 26.2 Å². The Morgan fingerprint density at radius 3 is 2.22 bits per heavy atom. The molecule has 0 radical (unpaired) electrons. The third-order valence-corrected chi connectivity index (χ3v) is 5.76. The van der Waals surface area contributed by atoms with E-state index in [2.05, 4.69) is 20.4 Å². The highest BCUT2D eigenvalue weighted by Crippen LogP contribution is 2.23. The Morgan fingerprint density at radius 1 is 0.938 bits per heavy atom. The molecular weight excluding hydrogens is 406 g/mol. The maximum atomic E-state index is 12.8. The van der Waals surface area contributed by atoms with E-state index in [9.17, 15) is 9.59 Å². The van der Waals surface area contributed by atoms with E-state index in [4.69, 9.17) is 4.52 Å². The van der Waals surface area contributed by atoms with Crippen LogP contribution in [0.5, 0.6) is 0 Å². The van der Waals surface area contributed by atoms with E-state index in [1.807, 2.05) is 43.3 Å². The summed E-state index contributed by atoms with van der Waals surface area (Å²) in [5.41, 5.74) is 1.46. The maximum Gasteiger partial charge on any atom is 0.251 e. The highest BCUT2D eigenvalue weighted by Gasteiger charge is 2.30. The van der Waals surface area contributed by atoms with Gasteiger partial charge in [-0.3, -0.25) is 14.5 Å². The first-order valence-electron chi connectivity index (χ1n) is 10.8. The highest BCUT2D eigenvalue weighted by atomic mass is 16.5. The second kappa shape index (κ2) is 9.74. The first-order chi connectivity index (χ1) is 15.5. The first-order valence-corrected chi connectivity index (χ1v) is 10.8. The summed E-state index contributed by atoms with van der Waals surface area (Å²) >= 11 is 0. The Bertz CT molecular complexity index is 1050. The highest BCUT2D eigenvalue weighted by molar-refractivity contribution is 5.97. The van der Waals surface area contributed by atoms with Gasteiger partial charge in [-0.1, -0.05) is 53.7 Å². The summed E-state index contributed by atoms with van der Waals surface area (Å²) in [6.45, 7) is 6.29. The monoisotopic (exact) mass is 433 g/mol. The van der Waals surface area contributed by atoms with Gasteiger partial charge in [0.25, 0.3) is 5.91 Å². The van der Waals surface area contributed by atoms with Gasteiger partial charge < -0.3 is 14.7 Å². The number of hydrogen-bond donors (Lipinski definition) is 1. The zero-order valence-electron chi connectivity index (χ0n) is 18.3. The van der Waals surface area contributed by atoms with E-state index in [0.29, 0.717) is 43.5 Å². The molecule has 1 fully saturated rings. The van der Waals surface area contributed by atoms with Gasteiger partial charge in [-0.05, 0) is 26.0 Å². The molecule has 0 saturated carbocycles. The zero-order chi connectivity index (χ0) is 22.5. The van der Waals surface area contributed by atoms with Crippen LogP contribution in [-0.4, -0.2) is 64.0 Å². The van der Waals surface area contributed by atoms with Crippen LogP contribution in [0.15, 0.2) is 65.2 Å². The number of benzene rings is 2. The molecule has 32 heavy (non-hydrogen) atoms. The summed E-state index contributed by atoms with van der Waals surface area (Å²) in [4.78, 5) is 33.7. The van der Waals surface area contributed by atoms with Gasteiger partial charge in [-0.2, -0.15) is 4.98 Å². The minimum Gasteiger partial charge on any atom is -0.341 e. The van der Waals surface area contributed by atoms with Crippen LogP contribution < -0.4 is 5.32 Å². The molecule has 1 N–H and O–H groups in total. The van der Waals surface area contributed by atoms with Gasteiger partial charge in [0.2, 0.25) is 17.6 Å². The Kier molecular flexibility index (Phi) is 6.61. The van der Waals surface area contributed by atoms with Gasteiger partial charge in [0, 0.05) is 37.3 Å². The number of nitrogens with one attached hydrogen (secondary N) is 1. The SMILES string of the molecule is CC(NC(=O)c1ccccc1)C(=O)N1CCN(C(C)c2nc(-c3ccccc3)no2)CC1. The molecule has 3 aromatic rings. The van der Waals surface area contributed by atoms with Crippen molar-refractivity contribution in [2.45, 2.75) is 25.9 Å². The molecule has 4 rings (SSSR count). The Labute approximate surface area is 187 Å². The number of carbonyl (C=O) groups is 2. The van der Waals surface area contributed by atoms with Gasteiger partial charge >= 0.3 is 0 Å². The van der Waals surface area contributed by atoms with E-state index in [1.54, 1.807) is 36.1 Å². The van der Waals surface area contributed by atoms with Crippen LogP contribution in [0.1, 0.15) is 36.1 Å². The minimum atomic E-state index is -0.587. The van der Waals surface area contributed by atoms with Crippen molar-refractivity contribution < 1.29 is 14.1 Å². The number of carbonyl (C=O) groups excluding carboxylic acids is 2. The van der Waals surface area contributed by atoms with Gasteiger partial charge in [-0.25, -0.2) is 0 Å². The van der Waals surface area contributed by atoms with Crippen molar-refractivity contribution in [1.29, 1.82) is 0 Å². The van der Waals surface area contributed by atoms with E-state index in [0.717, 1.165) is 5.56 Å². The van der Waals surface area contributed by atoms with Crippen molar-refractivity contribution >= 4 is 11.8 Å². The molecule has 1 aliphatic heterocycles. The summed E-state index contributed by atoms with van der Waals surface area (Å²) in [7, 11) is 0. The second-order valence-electron chi connectivity index (χ2n) is 7.92. The molecule has 2 atom stereocenters. The number of aromatic nitrogens is 2. The molecule has 1 aliphatic rings. The minimum absolute atomic E-state index is 0.0487. The molecule has 2 heterocycles. The quantitative estimate of drug-likeness (QED) is 0.643. The molecule has 1 aromatic heterocycles. The van der Waals surface area contributed by atoms with Crippen LogP contribution >= 0.6 is 0 Å². The van der Waals surface area contributed by atoms with Gasteiger partial charge in [0.05, 0.1) is 6.04 Å². The number of nitrogens with zero attached hydrogens (tertiary/aromatic N) is 4. The van der Waals surface area contributed by atoms with E-state index in [1.165, 1.54) is 0 Å². The molecule has 0 bridgehead atoms. The topological polar surface area (TPSA) is 91.6 Å². The average Bonchev–Trinajstić information content (AvgIpc) is 3.34. The number of piperazine rings is 1. The molecule has 8 nitrogen and oxygen atoms in total. The van der Waals surface area contributed by atoms with Crippen LogP contribution in [0.3, 0.4) is 0 Å². The Morgan fingerprint density at radius 2 is 1.56 bits per heavy atom. The van der Waals surface area contributed by atoms with Gasteiger partial charge in [0.1, 0.15) is 6.04 Å². The summed E-state index contributed by atoms with van der Waals surface area (Å²) in [6.07, 6.45) is 0. The van der Waals surface area contributed by atoms with Crippen molar-refractivity contribution in [2.24, 2.45) is 0 Å². The summed E-state index contributed by atoms with van der Waals surface area (Å²) in [6, 6.07) is 18.0. The molecule has 166 valence electrons. The third-order valence-electron chi connectivity index (χ3n) is 5.76. The summed E-state index contributed by atoms with van der Waals surface area (Å²) < 4.78 is 5.50. The van der Waals surface area contributed by atoms with Crippen LogP contribution in [0.25, 0.3) is 11.4 Å². The average molecular weight is 434 g/mol. The lowest BCUT2D eigenvalue weighted by molar-refractivity contribution is -0.135. The molecule has 0 aliphatic carbocycles. The molecule has 1 saturated heterocycles. The fourth-order valence-electron chi connectivity index (χ4n) is 3.80. The molecule has 2 aromatic carbocycles. The van der Waals surface area contributed by atoms with Crippen LogP contribution in [-0.2, 0) is 4.79 Å². The maximum absolute atomic E-state index is 12.8. The van der Waals surface area contributed by atoms with Crippen molar-refractivity contribution in [3.63, 3.8) is 0 Å². The Balaban J connectivity index is 1.30. The predicted molar refractivity (Wildman–Crippen MR) is 120 cm³/mol. The van der Waals surface area contributed by atoms with Crippen LogP contribution in [0.4, 0.5) is 0 Å². The summed E-state index contributed by atoms with van der Waals surface area (Å²) in [5.74, 6) is 0.812. The number of hydrogen-bond acceptors (Lipinski definition) is 6. The standard InChI is InChI=1S/C24H27N5O3/c1-17(25-22(30)20-11-7-4-8-12-20)24(31)29-15-13-28(14-16-29)18(2)23-26-21(27-32-23)19-9-5-3-6-10-19/h3-12,17-18H,13-16H2,1-2H3,(H,25,30). The second-order valence-corrected chi connectivity index (χ2v) is 7.92. The lowest BCUT2D eigenvalue weighted by atomic mass is 10.1. The molecule has 8 heteroatoms. The van der Waals surface area contributed by atoms with E-state index in [-0.39, 0.29) is 17.9 Å². The predicted octanol–water partition coefficient (Wildman–Crippen LogP) is 2.76. The molecule has 0 spiro atoms. The van der Waals surface area contributed by atoms with Gasteiger partial charge in [-0.15, -0.1) is 0 Å². The van der Waals surface area contributed by atoms with Crippen molar-refractivity contribution in [3.8, 4) is 11.4 Å².